The molecule has 2 amide bonds. The molecule has 1 heterocycles. The van der Waals surface area contributed by atoms with Gasteiger partial charge < -0.3 is 20.5 Å². The van der Waals surface area contributed by atoms with Crippen LogP contribution in [-0.4, -0.2) is 47.6 Å². The van der Waals surface area contributed by atoms with E-state index in [1.165, 1.54) is 24.4 Å². The number of anilines is 1. The van der Waals surface area contributed by atoms with Gasteiger partial charge in [-0.1, -0.05) is 6.07 Å². The zero-order valence-corrected chi connectivity index (χ0v) is 14.9. The molecule has 2 rings (SSSR count). The zero-order chi connectivity index (χ0) is 19.6. The van der Waals surface area contributed by atoms with Gasteiger partial charge in [0.25, 0.3) is 11.8 Å². The fourth-order valence-corrected chi connectivity index (χ4v) is 2.24. The minimum Gasteiger partial charge on any atom is -0.478 e. The van der Waals surface area contributed by atoms with E-state index in [-0.39, 0.29) is 17.2 Å². The lowest BCUT2D eigenvalue weighted by molar-refractivity contribution is 0.0696. The number of pyridine rings is 1. The second-order valence-electron chi connectivity index (χ2n) is 5.58. The smallest absolute Gasteiger partial charge is 0.335 e. The number of ether oxygens (including phenoxy) is 1. The monoisotopic (exact) mass is 371 g/mol. The van der Waals surface area contributed by atoms with Gasteiger partial charge in [0, 0.05) is 37.2 Å². The summed E-state index contributed by atoms with van der Waals surface area (Å²) in [6.45, 7) is 3.61. The Morgan fingerprint density at radius 1 is 1.11 bits per heavy atom. The number of benzene rings is 1. The lowest BCUT2D eigenvalue weighted by Crippen LogP contribution is -2.25. The van der Waals surface area contributed by atoms with E-state index < -0.39 is 11.9 Å². The molecule has 1 aromatic heterocycles. The SMILES string of the molecule is CCOCCCNC(=O)c1cccc(NC(=O)c2cc(C(=O)O)ccn2)c1. The topological polar surface area (TPSA) is 118 Å². The summed E-state index contributed by atoms with van der Waals surface area (Å²) < 4.78 is 5.21. The highest BCUT2D eigenvalue weighted by Gasteiger charge is 2.12. The molecule has 8 heteroatoms. The summed E-state index contributed by atoms with van der Waals surface area (Å²) in [4.78, 5) is 39.3. The molecule has 0 radical (unpaired) electrons. The van der Waals surface area contributed by atoms with E-state index in [4.69, 9.17) is 9.84 Å². The van der Waals surface area contributed by atoms with Gasteiger partial charge in [0.1, 0.15) is 5.69 Å². The Labute approximate surface area is 156 Å². The summed E-state index contributed by atoms with van der Waals surface area (Å²) in [6.07, 6.45) is 1.96. The van der Waals surface area contributed by atoms with E-state index in [9.17, 15) is 14.4 Å². The van der Waals surface area contributed by atoms with Crippen molar-refractivity contribution in [3.05, 3.63) is 59.4 Å². The molecule has 0 atom stereocenters. The number of carboxylic acid groups (broad SMARTS) is 1. The van der Waals surface area contributed by atoms with Crippen molar-refractivity contribution in [2.75, 3.05) is 25.1 Å². The Kier molecular flexibility index (Phi) is 7.45. The summed E-state index contributed by atoms with van der Waals surface area (Å²) in [5.41, 5.74) is 0.747. The molecule has 8 nitrogen and oxygen atoms in total. The second kappa shape index (κ2) is 10.0. The Balaban J connectivity index is 1.98. The third-order valence-corrected chi connectivity index (χ3v) is 3.58. The normalized spacial score (nSPS) is 10.3. The number of hydrogen-bond acceptors (Lipinski definition) is 5. The minimum atomic E-state index is -1.14. The van der Waals surface area contributed by atoms with E-state index in [0.717, 1.165) is 0 Å². The van der Waals surface area contributed by atoms with Gasteiger partial charge in [-0.15, -0.1) is 0 Å². The minimum absolute atomic E-state index is 0.0271. The van der Waals surface area contributed by atoms with Crippen molar-refractivity contribution in [2.24, 2.45) is 0 Å². The van der Waals surface area contributed by atoms with Crippen LogP contribution in [0.15, 0.2) is 42.6 Å². The third kappa shape index (κ3) is 6.19. The van der Waals surface area contributed by atoms with Crippen molar-refractivity contribution >= 4 is 23.5 Å². The van der Waals surface area contributed by atoms with Crippen LogP contribution in [-0.2, 0) is 4.74 Å². The fraction of sp³-hybridized carbons (Fsp3) is 0.263. The number of nitrogens with one attached hydrogen (secondary N) is 2. The maximum absolute atomic E-state index is 12.3. The Bertz CT molecular complexity index is 822. The fourth-order valence-electron chi connectivity index (χ4n) is 2.24. The number of carboxylic acids is 1. The number of rotatable bonds is 9. The van der Waals surface area contributed by atoms with Gasteiger partial charge in [-0.05, 0) is 43.7 Å². The number of aromatic nitrogens is 1. The molecule has 0 aliphatic carbocycles. The first-order valence-electron chi connectivity index (χ1n) is 8.48. The van der Waals surface area contributed by atoms with Gasteiger partial charge >= 0.3 is 5.97 Å². The summed E-state index contributed by atoms with van der Waals surface area (Å²) in [5, 5.41) is 14.4. The van der Waals surface area contributed by atoms with Crippen LogP contribution < -0.4 is 10.6 Å². The van der Waals surface area contributed by atoms with Gasteiger partial charge in [0.15, 0.2) is 0 Å². The van der Waals surface area contributed by atoms with E-state index in [1.807, 2.05) is 6.92 Å². The molecule has 2 aromatic rings. The number of nitrogens with zero attached hydrogens (tertiary/aromatic N) is 1. The maximum Gasteiger partial charge on any atom is 0.335 e. The van der Waals surface area contributed by atoms with Gasteiger partial charge in [-0.3, -0.25) is 14.6 Å². The van der Waals surface area contributed by atoms with Crippen LogP contribution in [0, 0.1) is 0 Å². The van der Waals surface area contributed by atoms with E-state index in [2.05, 4.69) is 15.6 Å². The van der Waals surface area contributed by atoms with Crippen molar-refractivity contribution in [1.29, 1.82) is 0 Å². The molecule has 0 bridgehead atoms. The number of carbonyl (C=O) groups excluding carboxylic acids is 2. The van der Waals surface area contributed by atoms with Crippen LogP contribution in [0.1, 0.15) is 44.5 Å². The Hall–Kier alpha value is -3.26. The van der Waals surface area contributed by atoms with Crippen molar-refractivity contribution in [1.82, 2.24) is 10.3 Å². The van der Waals surface area contributed by atoms with Crippen molar-refractivity contribution in [2.45, 2.75) is 13.3 Å². The van der Waals surface area contributed by atoms with Crippen LogP contribution in [0.2, 0.25) is 0 Å². The molecule has 3 N–H and O–H groups in total. The summed E-state index contributed by atoms with van der Waals surface area (Å²) >= 11 is 0. The van der Waals surface area contributed by atoms with Crippen LogP contribution in [0.4, 0.5) is 5.69 Å². The molecule has 0 spiro atoms. The average molecular weight is 371 g/mol. The number of hydrogen-bond donors (Lipinski definition) is 3. The van der Waals surface area contributed by atoms with Gasteiger partial charge in [0.05, 0.1) is 5.56 Å². The average Bonchev–Trinajstić information content (AvgIpc) is 2.68. The van der Waals surface area contributed by atoms with Crippen molar-refractivity contribution in [3.63, 3.8) is 0 Å². The molecular formula is C19H21N3O5. The van der Waals surface area contributed by atoms with E-state index in [0.29, 0.717) is 37.4 Å². The van der Waals surface area contributed by atoms with Gasteiger partial charge in [-0.2, -0.15) is 0 Å². The molecule has 142 valence electrons. The van der Waals surface area contributed by atoms with Crippen LogP contribution in [0.5, 0.6) is 0 Å². The quantitative estimate of drug-likeness (QED) is 0.582. The first kappa shape index (κ1) is 20.1. The molecule has 1 aromatic carbocycles. The Morgan fingerprint density at radius 2 is 1.93 bits per heavy atom. The number of carbonyl (C=O) groups is 3. The summed E-state index contributed by atoms with van der Waals surface area (Å²) in [5.74, 6) is -1.96. The lowest BCUT2D eigenvalue weighted by Gasteiger charge is -2.08. The van der Waals surface area contributed by atoms with Crippen LogP contribution in [0.25, 0.3) is 0 Å². The largest absolute Gasteiger partial charge is 0.478 e. The summed E-state index contributed by atoms with van der Waals surface area (Å²) in [7, 11) is 0. The number of amides is 2. The second-order valence-corrected chi connectivity index (χ2v) is 5.58. The molecule has 0 aliphatic rings. The molecule has 0 unspecified atom stereocenters. The standard InChI is InChI=1S/C19H21N3O5/c1-2-27-10-4-8-21-17(23)13-5-3-6-15(11-13)22-18(24)16-12-14(19(25)26)7-9-20-16/h3,5-7,9,11-12H,2,4,8,10H2,1H3,(H,21,23)(H,22,24)(H,25,26). The van der Waals surface area contributed by atoms with Gasteiger partial charge in [0.2, 0.25) is 0 Å². The highest BCUT2D eigenvalue weighted by molar-refractivity contribution is 6.05. The third-order valence-electron chi connectivity index (χ3n) is 3.58. The number of aromatic carboxylic acids is 1. The van der Waals surface area contributed by atoms with Gasteiger partial charge in [-0.25, -0.2) is 4.79 Å². The Morgan fingerprint density at radius 3 is 2.67 bits per heavy atom. The van der Waals surface area contributed by atoms with Crippen molar-refractivity contribution < 1.29 is 24.2 Å². The van der Waals surface area contributed by atoms with Crippen molar-refractivity contribution in [3.8, 4) is 0 Å². The molecule has 0 aliphatic heterocycles. The summed E-state index contributed by atoms with van der Waals surface area (Å²) in [6, 6.07) is 8.94. The first-order valence-corrected chi connectivity index (χ1v) is 8.48. The lowest BCUT2D eigenvalue weighted by atomic mass is 10.1. The molecule has 0 fully saturated rings. The van der Waals surface area contributed by atoms with Crippen LogP contribution in [0.3, 0.4) is 0 Å². The highest BCUT2D eigenvalue weighted by Crippen LogP contribution is 2.12. The molecule has 27 heavy (non-hydrogen) atoms. The highest BCUT2D eigenvalue weighted by atomic mass is 16.5. The maximum atomic E-state index is 12.3. The molecule has 0 saturated heterocycles. The predicted molar refractivity (Wildman–Crippen MR) is 99.0 cm³/mol. The molecule has 0 saturated carbocycles. The predicted octanol–water partition coefficient (Wildman–Crippen LogP) is 2.19. The first-order chi connectivity index (χ1) is 13.0. The van der Waals surface area contributed by atoms with Crippen LogP contribution >= 0.6 is 0 Å². The van der Waals surface area contributed by atoms with E-state index >= 15 is 0 Å². The zero-order valence-electron chi connectivity index (χ0n) is 14.9. The molecular weight excluding hydrogens is 350 g/mol. The van der Waals surface area contributed by atoms with E-state index in [1.54, 1.807) is 18.2 Å².